The van der Waals surface area contributed by atoms with Crippen LogP contribution in [0.25, 0.3) is 32.7 Å². The van der Waals surface area contributed by atoms with E-state index in [2.05, 4.69) is 35.4 Å². The Labute approximate surface area is 429 Å². The van der Waals surface area contributed by atoms with E-state index in [4.69, 9.17) is 15.6 Å². The number of hydrogen-bond donors (Lipinski definition) is 4. The Balaban J connectivity index is 0.704. The highest BCUT2D eigenvalue weighted by Gasteiger charge is 2.50. The Morgan fingerprint density at radius 1 is 0.918 bits per heavy atom. The van der Waals surface area contributed by atoms with E-state index < -0.39 is 35.8 Å². The lowest BCUT2D eigenvalue weighted by Gasteiger charge is -2.56. The highest BCUT2D eigenvalue weighted by Crippen LogP contribution is 2.52. The molecular weight excluding hydrogens is 946 g/mol. The molecule has 1 aliphatic carbocycles. The van der Waals surface area contributed by atoms with E-state index in [1.165, 1.54) is 11.2 Å². The number of rotatable bonds is 13. The molecular formula is C55H66FN11O5S. The second-order valence-corrected chi connectivity index (χ2v) is 22.6. The van der Waals surface area contributed by atoms with Crippen LogP contribution in [0.5, 0.6) is 11.5 Å². The molecule has 3 aromatic heterocycles. The van der Waals surface area contributed by atoms with E-state index >= 15 is 4.39 Å². The number of thiazole rings is 1. The van der Waals surface area contributed by atoms with Crippen molar-refractivity contribution < 1.29 is 28.6 Å². The number of para-hydroxylation sites is 1. The summed E-state index contributed by atoms with van der Waals surface area (Å²) in [6, 6.07) is 22.8. The number of nitrogens with two attached hydrogens (primary N) is 1. The number of nitrogens with zero attached hydrogens (tertiary/aromatic N) is 8. The lowest BCUT2D eigenvalue weighted by molar-refractivity contribution is -0.144. The summed E-state index contributed by atoms with van der Waals surface area (Å²) in [7, 11) is 0. The van der Waals surface area contributed by atoms with Gasteiger partial charge in [-0.1, -0.05) is 63.2 Å². The number of aliphatic hydroxyl groups excluding tert-OH is 1. The molecule has 3 aromatic carbocycles. The summed E-state index contributed by atoms with van der Waals surface area (Å²) < 4.78 is 24.2. The van der Waals surface area contributed by atoms with Crippen molar-refractivity contribution >= 4 is 45.9 Å². The Hall–Kier alpha value is -6.34. The summed E-state index contributed by atoms with van der Waals surface area (Å²) in [4.78, 5) is 62.1. The van der Waals surface area contributed by atoms with Gasteiger partial charge in [-0.2, -0.15) is 5.10 Å². The molecule has 1 spiro atoms. The molecule has 10 rings (SSSR count). The first kappa shape index (κ1) is 50.2. The molecule has 4 fully saturated rings. The third-order valence-electron chi connectivity index (χ3n) is 15.7. The number of piperidine rings is 2. The first-order valence-corrected chi connectivity index (χ1v) is 26.4. The molecule has 6 aromatic rings. The molecule has 6 heterocycles. The molecule has 3 amide bonds. The zero-order valence-corrected chi connectivity index (χ0v) is 43.0. The van der Waals surface area contributed by atoms with Gasteiger partial charge in [-0.15, -0.1) is 11.3 Å². The first-order chi connectivity index (χ1) is 35.0. The van der Waals surface area contributed by atoms with Gasteiger partial charge in [0.15, 0.2) is 5.65 Å². The minimum Gasteiger partial charge on any atom is -0.457 e. The van der Waals surface area contributed by atoms with Crippen LogP contribution >= 0.6 is 11.3 Å². The lowest BCUT2D eigenvalue weighted by Crippen LogP contribution is -2.60. The molecule has 3 saturated heterocycles. The molecule has 73 heavy (non-hydrogen) atoms. The summed E-state index contributed by atoms with van der Waals surface area (Å²) >= 11 is 1.58. The number of halogens is 1. The molecule has 4 aliphatic rings. The zero-order chi connectivity index (χ0) is 51.2. The average molecular weight is 1010 g/mol. The van der Waals surface area contributed by atoms with Gasteiger partial charge in [-0.05, 0) is 117 Å². The van der Waals surface area contributed by atoms with Crippen LogP contribution in [0.15, 0.2) is 90.7 Å². The maximum absolute atomic E-state index is 16.5. The standard InChI is InChI=1S/C55H66FN11O5S/c1-33(35-11-13-37(14-12-35)48-34(2)60-32-73-48)61-52(70)44-25-39(68)28-66(44)53(71)49(54(3,4)5)62-45(69)30-64-23-20-55(21-24-64)26-38(27-55)65-22-19-43(42(56)29-65)67-51-46(50(57)58-31-59-51)47(63-67)36-15-17-41(18-16-36)72-40-9-7-6-8-10-40/h6-18,31-33,38-39,42-44,49,68H,19-30H2,1-5H3,(H,61,70)(H,62,69)(H2,57,58,59)/t33-,39+,42?,43?,44-,49+/m0/s1. The Morgan fingerprint density at radius 2 is 1.62 bits per heavy atom. The van der Waals surface area contributed by atoms with Crippen LogP contribution in [0.1, 0.15) is 89.6 Å². The van der Waals surface area contributed by atoms with Gasteiger partial charge in [0.1, 0.15) is 47.6 Å². The summed E-state index contributed by atoms with van der Waals surface area (Å²) in [5.74, 6) is 0.721. The van der Waals surface area contributed by atoms with Gasteiger partial charge in [-0.25, -0.2) is 24.0 Å². The molecule has 384 valence electrons. The Morgan fingerprint density at radius 3 is 2.29 bits per heavy atom. The van der Waals surface area contributed by atoms with Crippen molar-refractivity contribution in [3.05, 3.63) is 102 Å². The van der Waals surface area contributed by atoms with Crippen molar-refractivity contribution in [2.24, 2.45) is 10.8 Å². The van der Waals surface area contributed by atoms with Gasteiger partial charge in [0.25, 0.3) is 0 Å². The van der Waals surface area contributed by atoms with Crippen molar-refractivity contribution in [1.82, 2.24) is 50.1 Å². The van der Waals surface area contributed by atoms with Gasteiger partial charge in [-0.3, -0.25) is 24.2 Å². The van der Waals surface area contributed by atoms with Crippen molar-refractivity contribution in [1.29, 1.82) is 0 Å². The number of anilines is 1. The van der Waals surface area contributed by atoms with Crippen molar-refractivity contribution in [2.75, 3.05) is 45.0 Å². The van der Waals surface area contributed by atoms with E-state index in [-0.39, 0.29) is 54.7 Å². The van der Waals surface area contributed by atoms with Gasteiger partial charge in [0, 0.05) is 37.7 Å². The summed E-state index contributed by atoms with van der Waals surface area (Å²) in [6.07, 6.45) is 3.91. The highest BCUT2D eigenvalue weighted by molar-refractivity contribution is 7.13. The number of nitrogen functional groups attached to an aromatic ring is 1. The number of nitrogens with one attached hydrogen (secondary N) is 2. The second-order valence-electron chi connectivity index (χ2n) is 21.8. The van der Waals surface area contributed by atoms with Gasteiger partial charge >= 0.3 is 0 Å². The minimum atomic E-state index is -1.17. The maximum Gasteiger partial charge on any atom is 0.246 e. The largest absolute Gasteiger partial charge is 0.457 e. The number of alkyl halides is 1. The smallest absolute Gasteiger partial charge is 0.246 e. The molecule has 1 saturated carbocycles. The molecule has 16 nitrogen and oxygen atoms in total. The number of carbonyl (C=O) groups excluding carboxylic acids is 3. The van der Waals surface area contributed by atoms with Crippen LogP contribution in [0, 0.1) is 17.8 Å². The SMILES string of the molecule is Cc1ncsc1-c1ccc([C@H](C)NC(=O)[C@@H]2C[C@@H](O)CN2C(=O)[C@@H](NC(=O)CN2CCC3(CC2)CC(N2CCC(n4nc(-c5ccc(Oc6ccccc6)cc5)c5c(N)ncnc54)C(F)C2)C3)C(C)(C)C)cc1. The minimum absolute atomic E-state index is 0.00571. The van der Waals surface area contributed by atoms with Crippen LogP contribution in [-0.4, -0.2) is 132 Å². The third-order valence-corrected chi connectivity index (χ3v) is 16.7. The number of benzene rings is 3. The number of aliphatic hydroxyl groups is 1. The fraction of sp³-hybridized carbons (Fsp3) is 0.473. The number of carbonyl (C=O) groups is 3. The van der Waals surface area contributed by atoms with Crippen LogP contribution in [-0.2, 0) is 14.4 Å². The first-order valence-electron chi connectivity index (χ1n) is 25.5. The molecule has 6 atom stereocenters. The zero-order valence-electron chi connectivity index (χ0n) is 42.2. The molecule has 2 unspecified atom stereocenters. The number of likely N-dealkylation sites (tertiary alicyclic amines) is 3. The van der Waals surface area contributed by atoms with Gasteiger partial charge in [0.2, 0.25) is 17.7 Å². The van der Waals surface area contributed by atoms with Crippen molar-refractivity contribution in [3.8, 4) is 33.2 Å². The predicted octanol–water partition coefficient (Wildman–Crippen LogP) is 7.50. The van der Waals surface area contributed by atoms with E-state index in [0.29, 0.717) is 41.3 Å². The fourth-order valence-electron chi connectivity index (χ4n) is 11.5. The summed E-state index contributed by atoms with van der Waals surface area (Å²) in [5, 5.41) is 22.4. The topological polar surface area (TPSA) is 197 Å². The molecule has 3 aliphatic heterocycles. The highest BCUT2D eigenvalue weighted by atomic mass is 32.1. The average Bonchev–Trinajstić information content (AvgIpc) is 4.10. The fourth-order valence-corrected chi connectivity index (χ4v) is 12.3. The number of fused-ring (bicyclic) bond motifs is 1. The van der Waals surface area contributed by atoms with Crippen LogP contribution < -0.4 is 21.1 Å². The Kier molecular flexibility index (Phi) is 14.1. The summed E-state index contributed by atoms with van der Waals surface area (Å²) in [5.41, 5.74) is 12.6. The van der Waals surface area contributed by atoms with E-state index in [0.717, 1.165) is 78.3 Å². The quantitative estimate of drug-likeness (QED) is 0.0891. The van der Waals surface area contributed by atoms with Crippen molar-refractivity contribution in [2.45, 2.75) is 116 Å². The second kappa shape index (κ2) is 20.5. The summed E-state index contributed by atoms with van der Waals surface area (Å²) in [6.45, 7) is 12.3. The number of aryl methyl sites for hydroxylation is 1. The monoisotopic (exact) mass is 1010 g/mol. The van der Waals surface area contributed by atoms with E-state index in [1.807, 2.05) is 119 Å². The van der Waals surface area contributed by atoms with E-state index in [1.54, 1.807) is 16.0 Å². The number of β-amino-alcohol motifs (C(OH)–C–C–N with tert-alkyl or cyclic N) is 1. The lowest BCUT2D eigenvalue weighted by atomic mass is 9.59. The normalized spacial score (nSPS) is 22.5. The van der Waals surface area contributed by atoms with Crippen molar-refractivity contribution in [3.63, 3.8) is 0 Å². The van der Waals surface area contributed by atoms with Crippen LogP contribution in [0.4, 0.5) is 10.2 Å². The molecule has 18 heteroatoms. The number of ether oxygens (including phenoxy) is 1. The number of aromatic nitrogens is 5. The number of amides is 3. The maximum atomic E-state index is 16.5. The third kappa shape index (κ3) is 10.6. The van der Waals surface area contributed by atoms with Crippen LogP contribution in [0.2, 0.25) is 0 Å². The molecule has 0 bridgehead atoms. The number of hydrogen-bond acceptors (Lipinski definition) is 13. The van der Waals surface area contributed by atoms with E-state index in [9.17, 15) is 19.5 Å². The predicted molar refractivity (Wildman–Crippen MR) is 279 cm³/mol. The molecule has 5 N–H and O–H groups in total. The molecule has 0 radical (unpaired) electrons. The van der Waals surface area contributed by atoms with Crippen LogP contribution in [0.3, 0.4) is 0 Å². The van der Waals surface area contributed by atoms with Gasteiger partial charge < -0.3 is 31.1 Å². The Bertz CT molecular complexity index is 2930. The van der Waals surface area contributed by atoms with Gasteiger partial charge in [0.05, 0.1) is 46.2 Å².